The van der Waals surface area contributed by atoms with Gasteiger partial charge in [-0.25, -0.2) is 21.6 Å². The zero-order chi connectivity index (χ0) is 15.6. The second-order valence-corrected chi connectivity index (χ2v) is 7.19. The largest absolute Gasteiger partial charge is 0.296 e. The summed E-state index contributed by atoms with van der Waals surface area (Å²) in [5, 5.41) is 0. The molecule has 1 fully saturated rings. The van der Waals surface area contributed by atoms with E-state index in [1.165, 1.54) is 4.31 Å². The molecule has 1 saturated heterocycles. The summed E-state index contributed by atoms with van der Waals surface area (Å²) in [5.74, 6) is -3.05. The monoisotopic (exact) mass is 322 g/mol. The molecule has 1 aromatic carbocycles. The van der Waals surface area contributed by atoms with Gasteiger partial charge in [-0.1, -0.05) is 0 Å². The number of sulfonamides is 1. The van der Waals surface area contributed by atoms with Gasteiger partial charge in [-0.05, 0) is 13.0 Å². The predicted octanol–water partition coefficient (Wildman–Crippen LogP) is 1.57. The van der Waals surface area contributed by atoms with E-state index in [2.05, 4.69) is 0 Å². The summed E-state index contributed by atoms with van der Waals surface area (Å²) in [7, 11) is -3.22. The number of nitrogens with zero attached hydrogens (tertiary/aromatic N) is 2. The van der Waals surface area contributed by atoms with Gasteiger partial charge in [-0.2, -0.15) is 4.31 Å². The second kappa shape index (κ2) is 6.33. The first kappa shape index (κ1) is 16.3. The lowest BCUT2D eigenvalue weighted by Crippen LogP contribution is -2.48. The zero-order valence-corrected chi connectivity index (χ0v) is 12.5. The van der Waals surface area contributed by atoms with Crippen LogP contribution >= 0.6 is 0 Å². The summed E-state index contributed by atoms with van der Waals surface area (Å²) in [6.45, 7) is 3.21. The number of hydrogen-bond donors (Lipinski definition) is 0. The first-order chi connectivity index (χ1) is 9.83. The van der Waals surface area contributed by atoms with E-state index in [0.29, 0.717) is 32.2 Å². The van der Waals surface area contributed by atoms with Crippen LogP contribution in [0.3, 0.4) is 0 Å². The Labute approximate surface area is 122 Å². The van der Waals surface area contributed by atoms with Crippen molar-refractivity contribution in [3.8, 4) is 0 Å². The van der Waals surface area contributed by atoms with E-state index in [4.69, 9.17) is 0 Å². The maximum absolute atomic E-state index is 13.6. The van der Waals surface area contributed by atoms with Gasteiger partial charge in [0.1, 0.15) is 5.82 Å². The lowest BCUT2D eigenvalue weighted by Gasteiger charge is -2.33. The number of piperazine rings is 1. The Morgan fingerprint density at radius 2 is 1.57 bits per heavy atom. The van der Waals surface area contributed by atoms with Gasteiger partial charge in [-0.3, -0.25) is 4.90 Å². The number of hydrogen-bond acceptors (Lipinski definition) is 3. The van der Waals surface area contributed by atoms with E-state index in [1.807, 2.05) is 4.90 Å². The molecular formula is C13H17F3N2O2S. The van der Waals surface area contributed by atoms with Crippen LogP contribution in [-0.4, -0.2) is 49.6 Å². The summed E-state index contributed by atoms with van der Waals surface area (Å²) < 4.78 is 64.4. The van der Waals surface area contributed by atoms with Crippen molar-refractivity contribution in [1.82, 2.24) is 9.21 Å². The SMILES string of the molecule is CCS(=O)(=O)N1CCN(Cc2cc(F)c(F)cc2F)CC1. The van der Waals surface area contributed by atoms with Crippen LogP contribution in [0.15, 0.2) is 12.1 Å². The smallest absolute Gasteiger partial charge is 0.213 e. The number of benzene rings is 1. The lowest BCUT2D eigenvalue weighted by molar-refractivity contribution is 0.179. The third-order valence-corrected chi connectivity index (χ3v) is 5.45. The van der Waals surface area contributed by atoms with Crippen molar-refractivity contribution in [2.45, 2.75) is 13.5 Å². The molecule has 1 aromatic rings. The minimum absolute atomic E-state index is 0.0464. The highest BCUT2D eigenvalue weighted by atomic mass is 32.2. The highest BCUT2D eigenvalue weighted by molar-refractivity contribution is 7.89. The molecule has 0 bridgehead atoms. The summed E-state index contributed by atoms with van der Waals surface area (Å²) in [6, 6.07) is 1.38. The van der Waals surface area contributed by atoms with Crippen LogP contribution in [0.4, 0.5) is 13.2 Å². The van der Waals surface area contributed by atoms with E-state index < -0.39 is 27.5 Å². The minimum atomic E-state index is -3.22. The van der Waals surface area contributed by atoms with E-state index in [0.717, 1.165) is 6.07 Å². The maximum Gasteiger partial charge on any atom is 0.213 e. The molecule has 0 aromatic heterocycles. The molecule has 1 aliphatic heterocycles. The van der Waals surface area contributed by atoms with E-state index in [-0.39, 0.29) is 17.9 Å². The second-order valence-electron chi connectivity index (χ2n) is 4.93. The fourth-order valence-electron chi connectivity index (χ4n) is 2.27. The first-order valence-corrected chi connectivity index (χ1v) is 8.28. The molecule has 118 valence electrons. The average Bonchev–Trinajstić information content (AvgIpc) is 2.45. The molecule has 0 amide bonds. The number of halogens is 3. The van der Waals surface area contributed by atoms with Crippen molar-refractivity contribution in [3.05, 3.63) is 35.1 Å². The van der Waals surface area contributed by atoms with Crippen molar-refractivity contribution >= 4 is 10.0 Å². The predicted molar refractivity (Wildman–Crippen MR) is 72.6 cm³/mol. The van der Waals surface area contributed by atoms with Crippen LogP contribution in [0.1, 0.15) is 12.5 Å². The Hall–Kier alpha value is -1.12. The lowest BCUT2D eigenvalue weighted by atomic mass is 10.1. The molecule has 2 rings (SSSR count). The van der Waals surface area contributed by atoms with Gasteiger partial charge in [0.05, 0.1) is 5.75 Å². The molecular weight excluding hydrogens is 305 g/mol. The summed E-state index contributed by atoms with van der Waals surface area (Å²) in [4.78, 5) is 1.82. The molecule has 21 heavy (non-hydrogen) atoms. The molecule has 0 saturated carbocycles. The van der Waals surface area contributed by atoms with Crippen LogP contribution in [0.25, 0.3) is 0 Å². The summed E-state index contributed by atoms with van der Waals surface area (Å²) in [5.41, 5.74) is 0.0701. The van der Waals surface area contributed by atoms with Crippen LogP contribution in [0.5, 0.6) is 0 Å². The number of rotatable bonds is 4. The average molecular weight is 322 g/mol. The Bertz CT molecular complexity index is 614. The quantitative estimate of drug-likeness (QED) is 0.790. The Morgan fingerprint density at radius 3 is 2.14 bits per heavy atom. The molecule has 4 nitrogen and oxygen atoms in total. The van der Waals surface area contributed by atoms with Gasteiger partial charge in [0.2, 0.25) is 10.0 Å². The van der Waals surface area contributed by atoms with Crippen LogP contribution in [0.2, 0.25) is 0 Å². The summed E-state index contributed by atoms with van der Waals surface area (Å²) in [6.07, 6.45) is 0. The van der Waals surface area contributed by atoms with Gasteiger partial charge in [0, 0.05) is 44.4 Å². The zero-order valence-electron chi connectivity index (χ0n) is 11.7. The third-order valence-electron chi connectivity index (χ3n) is 3.57. The molecule has 0 N–H and O–H groups in total. The van der Waals surface area contributed by atoms with Gasteiger partial charge in [0.25, 0.3) is 0 Å². The maximum atomic E-state index is 13.6. The molecule has 0 radical (unpaired) electrons. The molecule has 8 heteroatoms. The van der Waals surface area contributed by atoms with E-state index in [9.17, 15) is 21.6 Å². The molecule has 0 unspecified atom stereocenters. The van der Waals surface area contributed by atoms with Gasteiger partial charge >= 0.3 is 0 Å². The van der Waals surface area contributed by atoms with Crippen molar-refractivity contribution in [2.75, 3.05) is 31.9 Å². The molecule has 0 atom stereocenters. The fraction of sp³-hybridized carbons (Fsp3) is 0.538. The third kappa shape index (κ3) is 3.75. The van der Waals surface area contributed by atoms with Crippen molar-refractivity contribution in [2.24, 2.45) is 0 Å². The van der Waals surface area contributed by atoms with Crippen LogP contribution < -0.4 is 0 Å². The molecule has 0 aliphatic carbocycles. The van der Waals surface area contributed by atoms with Gasteiger partial charge in [0.15, 0.2) is 11.6 Å². The van der Waals surface area contributed by atoms with Crippen molar-refractivity contribution < 1.29 is 21.6 Å². The highest BCUT2D eigenvalue weighted by Crippen LogP contribution is 2.17. The Morgan fingerprint density at radius 1 is 1.00 bits per heavy atom. The summed E-state index contributed by atoms with van der Waals surface area (Å²) >= 11 is 0. The normalized spacial score (nSPS) is 18.1. The standard InChI is InChI=1S/C13H17F3N2O2S/c1-2-21(19,20)18-5-3-17(4-6-18)9-10-7-12(15)13(16)8-11(10)14/h7-8H,2-6,9H2,1H3. The Kier molecular flexibility index (Phi) is 4.90. The van der Waals surface area contributed by atoms with Crippen molar-refractivity contribution in [3.63, 3.8) is 0 Å². The van der Waals surface area contributed by atoms with Gasteiger partial charge in [-0.15, -0.1) is 0 Å². The van der Waals surface area contributed by atoms with E-state index >= 15 is 0 Å². The fourth-order valence-corrected chi connectivity index (χ4v) is 3.36. The molecule has 1 heterocycles. The van der Waals surface area contributed by atoms with Crippen LogP contribution in [-0.2, 0) is 16.6 Å². The van der Waals surface area contributed by atoms with Crippen LogP contribution in [0, 0.1) is 17.5 Å². The molecule has 1 aliphatic rings. The molecule has 0 spiro atoms. The highest BCUT2D eigenvalue weighted by Gasteiger charge is 2.25. The minimum Gasteiger partial charge on any atom is -0.296 e. The topological polar surface area (TPSA) is 40.6 Å². The van der Waals surface area contributed by atoms with Crippen molar-refractivity contribution in [1.29, 1.82) is 0 Å². The van der Waals surface area contributed by atoms with E-state index in [1.54, 1.807) is 6.92 Å². The first-order valence-electron chi connectivity index (χ1n) is 6.67. The van der Waals surface area contributed by atoms with Gasteiger partial charge < -0.3 is 0 Å². The Balaban J connectivity index is 2.00.